The number of carbonyl (C=O) groups excluding carboxylic acids is 1. The summed E-state index contributed by atoms with van der Waals surface area (Å²) in [7, 11) is -1.91. The van der Waals surface area contributed by atoms with E-state index in [0.717, 1.165) is 16.8 Å². The van der Waals surface area contributed by atoms with Gasteiger partial charge in [-0.2, -0.15) is 9.40 Å². The smallest absolute Gasteiger partial charge is 0.272 e. The third kappa shape index (κ3) is 3.96. The molecule has 0 bridgehead atoms. The number of benzene rings is 2. The molecule has 0 saturated heterocycles. The van der Waals surface area contributed by atoms with Crippen LogP contribution in [0.5, 0.6) is 11.5 Å². The number of aromatic nitrogens is 2. The molecule has 3 aromatic rings. The Kier molecular flexibility index (Phi) is 5.34. The first kappa shape index (κ1) is 21.5. The zero-order valence-electron chi connectivity index (χ0n) is 18.4. The Morgan fingerprint density at radius 1 is 1.15 bits per heavy atom. The van der Waals surface area contributed by atoms with Gasteiger partial charge in [0.1, 0.15) is 0 Å². The van der Waals surface area contributed by atoms with E-state index in [2.05, 4.69) is 10.4 Å². The molecule has 0 saturated carbocycles. The predicted molar refractivity (Wildman–Crippen MR) is 119 cm³/mol. The molecule has 2 aliphatic rings. The van der Waals surface area contributed by atoms with E-state index < -0.39 is 10.0 Å². The molecule has 0 fully saturated rings. The molecule has 1 N–H and O–H groups in total. The van der Waals surface area contributed by atoms with Gasteiger partial charge < -0.3 is 14.8 Å². The molecule has 3 heterocycles. The first-order valence-electron chi connectivity index (χ1n) is 10.6. The Balaban J connectivity index is 1.35. The van der Waals surface area contributed by atoms with Crippen LogP contribution >= 0.6 is 0 Å². The van der Waals surface area contributed by atoms with E-state index in [1.807, 2.05) is 25.1 Å². The summed E-state index contributed by atoms with van der Waals surface area (Å²) in [5, 5.41) is 7.29. The van der Waals surface area contributed by atoms with Crippen LogP contribution in [0.15, 0.2) is 47.4 Å². The zero-order chi connectivity index (χ0) is 23.2. The van der Waals surface area contributed by atoms with Crippen LogP contribution in [0.4, 0.5) is 0 Å². The van der Waals surface area contributed by atoms with Gasteiger partial charge in [-0.25, -0.2) is 8.42 Å². The number of ether oxygens (including phenoxy) is 2. The van der Waals surface area contributed by atoms with Gasteiger partial charge in [-0.05, 0) is 42.3 Å². The van der Waals surface area contributed by atoms with Gasteiger partial charge in [0.2, 0.25) is 16.8 Å². The molecular formula is C23H24N4O5S. The summed E-state index contributed by atoms with van der Waals surface area (Å²) >= 11 is 0. The van der Waals surface area contributed by atoms with Gasteiger partial charge >= 0.3 is 0 Å². The van der Waals surface area contributed by atoms with E-state index in [9.17, 15) is 13.2 Å². The molecule has 0 atom stereocenters. The van der Waals surface area contributed by atoms with E-state index in [0.29, 0.717) is 30.0 Å². The fraction of sp³-hybridized carbons (Fsp3) is 0.304. The lowest BCUT2D eigenvalue weighted by Gasteiger charge is -2.27. The summed E-state index contributed by atoms with van der Waals surface area (Å²) in [5.74, 6) is 0.979. The fourth-order valence-corrected chi connectivity index (χ4v) is 5.71. The van der Waals surface area contributed by atoms with Crippen molar-refractivity contribution in [1.82, 2.24) is 19.4 Å². The highest BCUT2D eigenvalue weighted by molar-refractivity contribution is 7.89. The van der Waals surface area contributed by atoms with Crippen LogP contribution in [0.25, 0.3) is 0 Å². The number of sulfonamides is 1. The number of nitrogens with zero attached hydrogens (tertiary/aromatic N) is 3. The van der Waals surface area contributed by atoms with Crippen LogP contribution in [0.3, 0.4) is 0 Å². The topological polar surface area (TPSA) is 103 Å². The normalized spacial score (nSPS) is 15.3. The van der Waals surface area contributed by atoms with Gasteiger partial charge in [-0.3, -0.25) is 9.48 Å². The maximum atomic E-state index is 13.2. The molecular weight excluding hydrogens is 444 g/mol. The van der Waals surface area contributed by atoms with Crippen molar-refractivity contribution in [3.63, 3.8) is 0 Å². The molecule has 5 rings (SSSR count). The highest BCUT2D eigenvalue weighted by Crippen LogP contribution is 2.32. The summed E-state index contributed by atoms with van der Waals surface area (Å²) in [4.78, 5) is 13.3. The van der Waals surface area contributed by atoms with Crippen molar-refractivity contribution in [2.75, 3.05) is 13.3 Å². The Bertz CT molecular complexity index is 1350. The molecule has 33 heavy (non-hydrogen) atoms. The van der Waals surface area contributed by atoms with E-state index in [1.54, 1.807) is 36.0 Å². The van der Waals surface area contributed by atoms with E-state index in [4.69, 9.17) is 9.47 Å². The van der Waals surface area contributed by atoms with Gasteiger partial charge in [0.25, 0.3) is 5.91 Å². The number of aryl methyl sites for hydroxylation is 2. The molecule has 10 heteroatoms. The highest BCUT2D eigenvalue weighted by atomic mass is 32.2. The Morgan fingerprint density at radius 3 is 2.79 bits per heavy atom. The largest absolute Gasteiger partial charge is 0.454 e. The van der Waals surface area contributed by atoms with Gasteiger partial charge in [0, 0.05) is 44.4 Å². The van der Waals surface area contributed by atoms with E-state index in [1.165, 1.54) is 4.31 Å². The monoisotopic (exact) mass is 468 g/mol. The highest BCUT2D eigenvalue weighted by Gasteiger charge is 2.33. The summed E-state index contributed by atoms with van der Waals surface area (Å²) in [5.41, 5.74) is 3.50. The third-order valence-corrected chi connectivity index (χ3v) is 7.78. The van der Waals surface area contributed by atoms with Crippen LogP contribution in [0, 0.1) is 6.92 Å². The van der Waals surface area contributed by atoms with Crippen LogP contribution in [0.1, 0.15) is 32.9 Å². The lowest BCUT2D eigenvalue weighted by atomic mass is 10.1. The van der Waals surface area contributed by atoms with Crippen LogP contribution in [-0.4, -0.2) is 41.7 Å². The quantitative estimate of drug-likeness (QED) is 0.616. The first-order valence-corrected chi connectivity index (χ1v) is 12.1. The minimum Gasteiger partial charge on any atom is -0.454 e. The van der Waals surface area contributed by atoms with Crippen LogP contribution in [-0.2, 0) is 36.6 Å². The number of rotatable bonds is 5. The SMILES string of the molecule is Cc1cccc(S(=O)(=O)N2CCc3c(c(C(=O)NCc4ccc5c(c4)OCO5)nn3C)C2)c1. The maximum Gasteiger partial charge on any atom is 0.272 e. The number of amides is 1. The molecule has 0 radical (unpaired) electrons. The Labute approximate surface area is 192 Å². The van der Waals surface area contributed by atoms with Gasteiger partial charge in [-0.1, -0.05) is 18.2 Å². The van der Waals surface area contributed by atoms with Crippen molar-refractivity contribution >= 4 is 15.9 Å². The molecule has 0 aliphatic carbocycles. The van der Waals surface area contributed by atoms with Crippen molar-refractivity contribution in [2.24, 2.45) is 7.05 Å². The maximum absolute atomic E-state index is 13.2. The van der Waals surface area contributed by atoms with E-state index in [-0.39, 0.29) is 36.4 Å². The standard InChI is InChI=1S/C23H24N4O5S/c1-15-4-3-5-17(10-15)33(29,30)27-9-8-19-18(13-27)22(25-26(19)2)23(28)24-12-16-6-7-20-21(11-16)32-14-31-20/h3-7,10-11H,8-9,12-14H2,1-2H3,(H,24,28). The first-order chi connectivity index (χ1) is 15.8. The average Bonchev–Trinajstić information content (AvgIpc) is 3.41. The van der Waals surface area contributed by atoms with Crippen LogP contribution in [0.2, 0.25) is 0 Å². The Hall–Kier alpha value is -3.37. The molecule has 9 nitrogen and oxygen atoms in total. The van der Waals surface area contributed by atoms with Crippen molar-refractivity contribution in [2.45, 2.75) is 31.3 Å². The second-order valence-electron chi connectivity index (χ2n) is 8.17. The third-order valence-electron chi connectivity index (χ3n) is 5.94. The lowest BCUT2D eigenvalue weighted by molar-refractivity contribution is 0.0943. The fourth-order valence-electron chi connectivity index (χ4n) is 4.20. The molecule has 1 aromatic heterocycles. The number of nitrogens with one attached hydrogen (secondary N) is 1. The van der Waals surface area contributed by atoms with Crippen molar-refractivity contribution in [1.29, 1.82) is 0 Å². The van der Waals surface area contributed by atoms with Gasteiger partial charge in [0.05, 0.1) is 4.90 Å². The summed E-state index contributed by atoms with van der Waals surface area (Å²) in [6.07, 6.45) is 0.485. The molecule has 0 unspecified atom stereocenters. The summed E-state index contributed by atoms with van der Waals surface area (Å²) < 4.78 is 40.2. The van der Waals surface area contributed by atoms with Crippen LogP contribution < -0.4 is 14.8 Å². The number of carbonyl (C=O) groups is 1. The minimum absolute atomic E-state index is 0.103. The average molecular weight is 469 g/mol. The van der Waals surface area contributed by atoms with Gasteiger partial charge in [0.15, 0.2) is 17.2 Å². The second-order valence-corrected chi connectivity index (χ2v) is 10.1. The number of hydrogen-bond acceptors (Lipinski definition) is 6. The van der Waals surface area contributed by atoms with E-state index >= 15 is 0 Å². The molecule has 2 aliphatic heterocycles. The second kappa shape index (κ2) is 8.20. The molecule has 0 spiro atoms. The number of fused-ring (bicyclic) bond motifs is 2. The molecule has 1 amide bonds. The molecule has 2 aromatic carbocycles. The summed E-state index contributed by atoms with van der Waals surface area (Å²) in [6.45, 7) is 2.77. The lowest BCUT2D eigenvalue weighted by Crippen LogP contribution is -2.37. The number of hydrogen-bond donors (Lipinski definition) is 1. The Morgan fingerprint density at radius 2 is 1.97 bits per heavy atom. The minimum atomic E-state index is -3.68. The van der Waals surface area contributed by atoms with Gasteiger partial charge in [-0.15, -0.1) is 0 Å². The zero-order valence-corrected chi connectivity index (χ0v) is 19.2. The van der Waals surface area contributed by atoms with Crippen molar-refractivity contribution in [3.8, 4) is 11.5 Å². The summed E-state index contributed by atoms with van der Waals surface area (Å²) in [6, 6.07) is 12.3. The predicted octanol–water partition coefficient (Wildman–Crippen LogP) is 2.13. The molecule has 172 valence electrons. The van der Waals surface area contributed by atoms with Crippen molar-refractivity contribution in [3.05, 3.63) is 70.5 Å². The van der Waals surface area contributed by atoms with Crippen molar-refractivity contribution < 1.29 is 22.7 Å².